The first-order chi connectivity index (χ1) is 37.0. The topological polar surface area (TPSA) is 168 Å². The Morgan fingerprint density at radius 3 is 1.15 bits per heavy atom. The van der Waals surface area contributed by atoms with Crippen LogP contribution in [0.2, 0.25) is 0 Å². The third kappa shape index (κ3) is 9.50. The number of carbonyl (C=O) groups is 4. The number of phenolic OH excluding ortho intramolecular Hbond substituents is 1. The fourth-order valence-corrected chi connectivity index (χ4v) is 18.4. The molecule has 0 radical (unpaired) electrons. The average Bonchev–Trinajstić information content (AvgIpc) is 4.18. The van der Waals surface area contributed by atoms with E-state index in [0.29, 0.717) is 83.4 Å². The van der Waals surface area contributed by atoms with E-state index in [2.05, 4.69) is 56.7 Å². The number of esters is 2. The molecule has 0 saturated heterocycles. The van der Waals surface area contributed by atoms with E-state index in [1.54, 1.807) is 0 Å². The van der Waals surface area contributed by atoms with Crippen LogP contribution in [0.4, 0.5) is 0 Å². The molecule has 12 heteroatoms. The highest BCUT2D eigenvalue weighted by Gasteiger charge is 2.64. The van der Waals surface area contributed by atoms with Gasteiger partial charge in [0.05, 0.1) is 6.42 Å². The van der Waals surface area contributed by atoms with Gasteiger partial charge in [-0.05, 0) is 262 Å². The van der Waals surface area contributed by atoms with Crippen molar-refractivity contribution >= 4 is 45.6 Å². The molecule has 0 bridgehead atoms. The number of hydrogen-bond acceptors (Lipinski definition) is 10. The van der Waals surface area contributed by atoms with Gasteiger partial charge in [-0.25, -0.2) is 0 Å². The first-order valence-corrected chi connectivity index (χ1v) is 29.2. The highest BCUT2D eigenvalue weighted by molar-refractivity contribution is 6.72. The van der Waals surface area contributed by atoms with Crippen LogP contribution in [0, 0.1) is 88.8 Å². The Morgan fingerprint density at radius 1 is 0.500 bits per heavy atom. The minimum absolute atomic E-state index is 0.128. The molecule has 3 aromatic carbocycles. The number of carbonyl (C=O) groups excluding carboxylic acids is 4. The minimum Gasteiger partial charge on any atom is -0.508 e. The van der Waals surface area contributed by atoms with Crippen molar-refractivity contribution in [2.75, 3.05) is 0 Å². The van der Waals surface area contributed by atoms with Gasteiger partial charge >= 0.3 is 11.9 Å². The number of aromatic hydroxyl groups is 1. The highest BCUT2D eigenvalue weighted by atomic mass is 35.5. The summed E-state index contributed by atoms with van der Waals surface area (Å²) in [5.74, 6) is 12.6. The molecular weight excluding hydrogens is 1020 g/mol. The number of phenols is 1. The summed E-state index contributed by atoms with van der Waals surface area (Å²) >= 11 is 9.46. The van der Waals surface area contributed by atoms with Crippen LogP contribution >= 0.6 is 23.2 Å². The van der Waals surface area contributed by atoms with Gasteiger partial charge in [0.25, 0.3) is 0 Å². The molecule has 6 fully saturated rings. The second-order valence-electron chi connectivity index (χ2n) is 25.4. The van der Waals surface area contributed by atoms with Crippen molar-refractivity contribution in [3.8, 4) is 54.3 Å². The van der Waals surface area contributed by atoms with Crippen molar-refractivity contribution in [2.45, 2.75) is 184 Å². The lowest BCUT2D eigenvalue weighted by atomic mass is 9.53. The molecule has 0 aromatic heterocycles. The minimum atomic E-state index is -1.02. The Labute approximate surface area is 470 Å². The van der Waals surface area contributed by atoms with Crippen LogP contribution in [0.1, 0.15) is 181 Å². The van der Waals surface area contributed by atoms with Crippen LogP contribution in [-0.4, -0.2) is 59.7 Å². The first kappa shape index (κ1) is 56.2. The summed E-state index contributed by atoms with van der Waals surface area (Å²) in [5.41, 5.74) is 4.20. The van der Waals surface area contributed by atoms with Crippen LogP contribution < -0.4 is 9.47 Å². The average molecular weight is 1100 g/mol. The van der Waals surface area contributed by atoms with Gasteiger partial charge in [0, 0.05) is 16.2 Å². The molecule has 78 heavy (non-hydrogen) atoms. The molecule has 9 unspecified atom stereocenters. The number of aryl methyl sites for hydroxylation is 3. The van der Waals surface area contributed by atoms with Gasteiger partial charge in [0.1, 0.15) is 40.5 Å². The van der Waals surface area contributed by atoms with E-state index in [0.717, 1.165) is 103 Å². The molecule has 3 aromatic rings. The van der Waals surface area contributed by atoms with Crippen LogP contribution in [0.25, 0.3) is 0 Å². The van der Waals surface area contributed by atoms with Crippen molar-refractivity contribution < 1.29 is 49.1 Å². The molecule has 4 N–H and O–H groups in total. The number of halogens is 2. The Kier molecular flexibility index (Phi) is 15.2. The first-order valence-electron chi connectivity index (χ1n) is 28.5. The Bertz CT molecular complexity index is 2900. The predicted octanol–water partition coefficient (Wildman–Crippen LogP) is 11.5. The smallest absolute Gasteiger partial charge is 0.322 e. The van der Waals surface area contributed by atoms with Gasteiger partial charge < -0.3 is 29.9 Å². The quantitative estimate of drug-likeness (QED) is 0.0613. The van der Waals surface area contributed by atoms with Crippen molar-refractivity contribution in [3.63, 3.8) is 0 Å². The van der Waals surface area contributed by atoms with E-state index in [9.17, 15) is 39.6 Å². The van der Waals surface area contributed by atoms with E-state index >= 15 is 0 Å². The van der Waals surface area contributed by atoms with Crippen molar-refractivity contribution in [1.82, 2.24) is 0 Å². The molecule has 12 rings (SSSR count). The number of fused-ring (bicyclic) bond motifs is 15. The van der Waals surface area contributed by atoms with Gasteiger partial charge in [0.2, 0.25) is 10.5 Å². The lowest BCUT2D eigenvalue weighted by Crippen LogP contribution is -2.50. The van der Waals surface area contributed by atoms with E-state index in [-0.39, 0.29) is 22.7 Å². The second kappa shape index (κ2) is 21.1. The summed E-state index contributed by atoms with van der Waals surface area (Å²) in [7, 11) is 0. The van der Waals surface area contributed by atoms with E-state index < -0.39 is 45.6 Å². The summed E-state index contributed by atoms with van der Waals surface area (Å²) < 4.78 is 11.3. The Morgan fingerprint density at radius 2 is 0.833 bits per heavy atom. The molecule has 0 spiro atoms. The van der Waals surface area contributed by atoms with Gasteiger partial charge in [-0.1, -0.05) is 56.7 Å². The van der Waals surface area contributed by atoms with Crippen LogP contribution in [0.5, 0.6) is 17.2 Å². The maximum absolute atomic E-state index is 12.8. The molecule has 6 saturated carbocycles. The molecule has 0 heterocycles. The van der Waals surface area contributed by atoms with Gasteiger partial charge in [0.15, 0.2) is 0 Å². The number of terminal acetylenes is 3. The number of ether oxygens (including phenoxy) is 2. The maximum Gasteiger partial charge on any atom is 0.322 e. The van der Waals surface area contributed by atoms with Crippen molar-refractivity contribution in [2.24, 2.45) is 51.8 Å². The predicted molar refractivity (Wildman–Crippen MR) is 298 cm³/mol. The summed E-state index contributed by atoms with van der Waals surface area (Å²) in [6.07, 6.45) is 33.4. The summed E-state index contributed by atoms with van der Waals surface area (Å²) in [6.45, 7) is 6.59. The maximum atomic E-state index is 12.8. The van der Waals surface area contributed by atoms with Crippen LogP contribution in [0.3, 0.4) is 0 Å². The van der Waals surface area contributed by atoms with Crippen LogP contribution in [-0.2, 0) is 38.4 Å². The van der Waals surface area contributed by atoms with Gasteiger partial charge in [-0.2, -0.15) is 0 Å². The van der Waals surface area contributed by atoms with Gasteiger partial charge in [-0.3, -0.25) is 19.2 Å². The zero-order valence-corrected chi connectivity index (χ0v) is 46.8. The van der Waals surface area contributed by atoms with Gasteiger partial charge in [-0.15, -0.1) is 19.3 Å². The molecular formula is C66H74Cl2O10. The molecule has 10 nitrogen and oxygen atoms in total. The Hall–Kier alpha value is -5.12. The number of benzene rings is 3. The standard InChI is InChI=1S/C43H48O6.C20H24O2.C3H2Cl2O2/c1-5-42(46)21-17-36-34-11-7-26-23-28(9-13-30(26)32(34)15-19-40(36,42)3)48-38(44)25-39(45)49-29-10-14-31-27(24-29)8-12-35-33(31)16-20-41(4)37(35)18-22-43(41,47)6-2;1-3-20(22)11-9-18-17-6-4-13-12-14(21)5-7-15(13)16(17)8-10-19(18,20)2;4-2(6)1-3(5)7/h1-2,9-10,13-14,23-24,32-37,46-47H,7-8,11-12,15-22,25H2,3-4H3;1,5,7,12,16-18,21-22H,4,6,8-11H2,2H3;1H2/t32?,33?,34?,35?,36?,37?,40-,41-,42-,43-;16?,17?,18?,19-,20-;/m00./s1. The van der Waals surface area contributed by atoms with Crippen molar-refractivity contribution in [3.05, 3.63) is 88.0 Å². The molecule has 9 aliphatic carbocycles. The molecule has 15 atom stereocenters. The monoisotopic (exact) mass is 1100 g/mol. The van der Waals surface area contributed by atoms with Crippen LogP contribution in [0.15, 0.2) is 54.6 Å². The fraction of sp³-hybridized carbons (Fsp3) is 0.576. The fourth-order valence-electron chi connectivity index (χ4n) is 18.1. The zero-order chi connectivity index (χ0) is 55.7. The molecule has 0 amide bonds. The van der Waals surface area contributed by atoms with E-state index in [4.69, 9.17) is 51.9 Å². The normalized spacial score (nSPS) is 37.8. The Balaban J connectivity index is 0.000000195. The molecule has 0 aliphatic heterocycles. The lowest BCUT2D eigenvalue weighted by Gasteiger charge is -2.52. The molecule has 9 aliphatic rings. The SMILES string of the molecule is C#C[C@]1(O)CCC2C3CCc4cc(O)ccc4C3CC[C@@]21C.C#C[C@]1(O)CCC2C3CCc4cc(OC(=O)CC(=O)Oc5ccc6c(c5)CCC5C6CC[C@@]6(C)C5CC[C@@]6(O)C#C)ccc4C3CC[C@@]21C.O=C(Cl)CC(=O)Cl. The third-order valence-electron chi connectivity index (χ3n) is 22.3. The molecule has 412 valence electrons. The zero-order valence-electron chi connectivity index (χ0n) is 45.3. The summed E-state index contributed by atoms with van der Waals surface area (Å²) in [4.78, 5) is 45.1. The third-order valence-corrected chi connectivity index (χ3v) is 22.6. The van der Waals surface area contributed by atoms with E-state index in [1.807, 2.05) is 36.4 Å². The number of rotatable bonds is 6. The van der Waals surface area contributed by atoms with E-state index in [1.165, 1.54) is 33.4 Å². The number of hydrogen-bond donors (Lipinski definition) is 4. The summed E-state index contributed by atoms with van der Waals surface area (Å²) in [6, 6.07) is 17.6. The second-order valence-corrected chi connectivity index (χ2v) is 26.2. The number of aliphatic hydroxyl groups is 3. The van der Waals surface area contributed by atoms with Crippen molar-refractivity contribution in [1.29, 1.82) is 0 Å². The largest absolute Gasteiger partial charge is 0.508 e. The highest BCUT2D eigenvalue weighted by Crippen LogP contribution is 2.67. The lowest BCUT2D eigenvalue weighted by molar-refractivity contribution is -0.144. The summed E-state index contributed by atoms with van der Waals surface area (Å²) in [5, 5.41) is 41.6.